The van der Waals surface area contributed by atoms with Crippen molar-refractivity contribution in [3.63, 3.8) is 0 Å². The molecule has 1 aliphatic rings. The van der Waals surface area contributed by atoms with Gasteiger partial charge in [-0.25, -0.2) is 9.97 Å². The predicted molar refractivity (Wildman–Crippen MR) is 65.6 cm³/mol. The number of rotatable bonds is 3. The second-order valence-corrected chi connectivity index (χ2v) is 4.40. The number of hydrogen-bond acceptors (Lipinski definition) is 5. The van der Waals surface area contributed by atoms with Crippen LogP contribution in [0.1, 0.15) is 24.2 Å². The third kappa shape index (κ3) is 3.40. The Morgan fingerprint density at radius 3 is 2.94 bits per heavy atom. The third-order valence-corrected chi connectivity index (χ3v) is 2.98. The summed E-state index contributed by atoms with van der Waals surface area (Å²) in [5.41, 5.74) is 1.25. The molecule has 0 unspecified atom stereocenters. The Bertz CT molecular complexity index is 417. The zero-order valence-electron chi connectivity index (χ0n) is 10.0. The second-order valence-electron chi connectivity index (χ2n) is 4.40. The fraction of sp³-hybridized carbons (Fsp3) is 0.583. The first-order chi connectivity index (χ1) is 8.28. The molecule has 0 aliphatic carbocycles. The van der Waals surface area contributed by atoms with Crippen molar-refractivity contribution in [2.45, 2.75) is 19.8 Å². The van der Waals surface area contributed by atoms with Gasteiger partial charge in [-0.1, -0.05) is 0 Å². The van der Waals surface area contributed by atoms with Gasteiger partial charge in [0.2, 0.25) is 5.95 Å². The number of anilines is 1. The van der Waals surface area contributed by atoms with Gasteiger partial charge < -0.3 is 10.6 Å². The number of nitrogens with zero attached hydrogens (tertiary/aromatic N) is 3. The zero-order valence-corrected chi connectivity index (χ0v) is 10.0. The normalized spacial score (nSPS) is 16.5. The van der Waals surface area contributed by atoms with E-state index in [1.807, 2.05) is 13.0 Å². The smallest absolute Gasteiger partial charge is 0.224 e. The quantitative estimate of drug-likeness (QED) is 0.814. The van der Waals surface area contributed by atoms with Crippen LogP contribution < -0.4 is 10.6 Å². The molecule has 2 heterocycles. The van der Waals surface area contributed by atoms with E-state index >= 15 is 0 Å². The molecule has 1 saturated heterocycles. The number of aryl methyl sites for hydroxylation is 1. The number of piperidine rings is 1. The van der Waals surface area contributed by atoms with Crippen molar-refractivity contribution < 1.29 is 0 Å². The van der Waals surface area contributed by atoms with E-state index in [9.17, 15) is 0 Å². The molecule has 0 radical (unpaired) electrons. The van der Waals surface area contributed by atoms with Crippen LogP contribution in [-0.4, -0.2) is 29.6 Å². The average Bonchev–Trinajstić information content (AvgIpc) is 2.37. The second kappa shape index (κ2) is 5.60. The number of hydrogen-bond donors (Lipinski definition) is 2. The summed E-state index contributed by atoms with van der Waals surface area (Å²) < 4.78 is 0. The van der Waals surface area contributed by atoms with Gasteiger partial charge in [-0.15, -0.1) is 0 Å². The van der Waals surface area contributed by atoms with Crippen LogP contribution in [0.2, 0.25) is 0 Å². The topological polar surface area (TPSA) is 73.6 Å². The van der Waals surface area contributed by atoms with Gasteiger partial charge in [0, 0.05) is 12.2 Å². The highest BCUT2D eigenvalue weighted by atomic mass is 15.1. The molecular formula is C12H17N5. The van der Waals surface area contributed by atoms with Crippen molar-refractivity contribution in [2.75, 3.05) is 25.0 Å². The van der Waals surface area contributed by atoms with Crippen LogP contribution in [0.3, 0.4) is 0 Å². The lowest BCUT2D eigenvalue weighted by atomic mass is 9.98. The first-order valence-electron chi connectivity index (χ1n) is 5.98. The summed E-state index contributed by atoms with van der Waals surface area (Å²) in [6.07, 6.45) is 2.37. The maximum absolute atomic E-state index is 8.83. The molecule has 1 aromatic rings. The Kier molecular flexibility index (Phi) is 3.89. The van der Waals surface area contributed by atoms with Crippen molar-refractivity contribution in [2.24, 2.45) is 5.92 Å². The van der Waals surface area contributed by atoms with E-state index in [-0.39, 0.29) is 0 Å². The maximum Gasteiger partial charge on any atom is 0.224 e. The summed E-state index contributed by atoms with van der Waals surface area (Å²) in [7, 11) is 0. The van der Waals surface area contributed by atoms with E-state index in [0.29, 0.717) is 17.6 Å². The van der Waals surface area contributed by atoms with E-state index in [0.717, 1.165) is 25.3 Å². The molecule has 0 bridgehead atoms. The highest BCUT2D eigenvalue weighted by Crippen LogP contribution is 2.12. The number of nitriles is 1. The maximum atomic E-state index is 8.83. The third-order valence-electron chi connectivity index (χ3n) is 2.98. The van der Waals surface area contributed by atoms with Crippen molar-refractivity contribution in [3.05, 3.63) is 17.5 Å². The Labute approximate surface area is 101 Å². The van der Waals surface area contributed by atoms with Gasteiger partial charge in [0.05, 0.1) is 0 Å². The first kappa shape index (κ1) is 11.8. The summed E-state index contributed by atoms with van der Waals surface area (Å²) in [5.74, 6) is 1.24. The lowest BCUT2D eigenvalue weighted by molar-refractivity contribution is 0.389. The molecule has 2 N–H and O–H groups in total. The SMILES string of the molecule is Cc1cc(C#N)nc(NCC2CCNCC2)n1. The highest BCUT2D eigenvalue weighted by Gasteiger charge is 2.13. The van der Waals surface area contributed by atoms with Gasteiger partial charge in [0.1, 0.15) is 11.8 Å². The van der Waals surface area contributed by atoms with Gasteiger partial charge in [-0.3, -0.25) is 0 Å². The Hall–Kier alpha value is -1.67. The Balaban J connectivity index is 1.94. The monoisotopic (exact) mass is 231 g/mol. The zero-order chi connectivity index (χ0) is 12.1. The van der Waals surface area contributed by atoms with Crippen molar-refractivity contribution in [1.29, 1.82) is 5.26 Å². The molecule has 17 heavy (non-hydrogen) atoms. The molecule has 1 fully saturated rings. The molecule has 1 aliphatic heterocycles. The summed E-state index contributed by atoms with van der Waals surface area (Å²) >= 11 is 0. The van der Waals surface area contributed by atoms with Gasteiger partial charge >= 0.3 is 0 Å². The van der Waals surface area contributed by atoms with Gasteiger partial charge in [0.15, 0.2) is 0 Å². The molecule has 0 aromatic carbocycles. The van der Waals surface area contributed by atoms with E-state index in [1.165, 1.54) is 12.8 Å². The summed E-state index contributed by atoms with van der Waals surface area (Å²) in [5, 5.41) is 15.4. The van der Waals surface area contributed by atoms with Crippen molar-refractivity contribution in [3.8, 4) is 6.07 Å². The standard InChI is InChI=1S/C12H17N5/c1-9-6-11(7-13)17-12(16-9)15-8-10-2-4-14-5-3-10/h6,10,14H,2-5,8H2,1H3,(H,15,16,17). The van der Waals surface area contributed by atoms with E-state index in [2.05, 4.69) is 20.6 Å². The summed E-state index contributed by atoms with van der Waals surface area (Å²) in [4.78, 5) is 8.41. The molecular weight excluding hydrogens is 214 g/mol. The first-order valence-corrected chi connectivity index (χ1v) is 5.98. The van der Waals surface area contributed by atoms with Crippen LogP contribution in [-0.2, 0) is 0 Å². The van der Waals surface area contributed by atoms with Crippen LogP contribution in [0.4, 0.5) is 5.95 Å². The fourth-order valence-corrected chi connectivity index (χ4v) is 2.03. The van der Waals surface area contributed by atoms with Gasteiger partial charge in [0.25, 0.3) is 0 Å². The van der Waals surface area contributed by atoms with Gasteiger partial charge in [-0.2, -0.15) is 5.26 Å². The minimum Gasteiger partial charge on any atom is -0.354 e. The molecule has 0 spiro atoms. The van der Waals surface area contributed by atoms with E-state index < -0.39 is 0 Å². The van der Waals surface area contributed by atoms with Gasteiger partial charge in [-0.05, 0) is 44.8 Å². The Morgan fingerprint density at radius 2 is 2.24 bits per heavy atom. The Morgan fingerprint density at radius 1 is 1.47 bits per heavy atom. The van der Waals surface area contributed by atoms with Crippen molar-refractivity contribution in [1.82, 2.24) is 15.3 Å². The number of aromatic nitrogens is 2. The van der Waals surface area contributed by atoms with Crippen LogP contribution in [0, 0.1) is 24.2 Å². The molecule has 5 heteroatoms. The van der Waals surface area contributed by atoms with Crippen LogP contribution in [0.5, 0.6) is 0 Å². The molecule has 90 valence electrons. The van der Waals surface area contributed by atoms with Crippen LogP contribution >= 0.6 is 0 Å². The molecule has 2 rings (SSSR count). The lowest BCUT2D eigenvalue weighted by Gasteiger charge is -2.22. The largest absolute Gasteiger partial charge is 0.354 e. The summed E-state index contributed by atoms with van der Waals surface area (Å²) in [6.45, 7) is 4.93. The van der Waals surface area contributed by atoms with E-state index in [1.54, 1.807) is 6.07 Å². The average molecular weight is 231 g/mol. The number of nitrogens with one attached hydrogen (secondary N) is 2. The van der Waals surface area contributed by atoms with E-state index in [4.69, 9.17) is 5.26 Å². The van der Waals surface area contributed by atoms with Crippen LogP contribution in [0.25, 0.3) is 0 Å². The highest BCUT2D eigenvalue weighted by molar-refractivity contribution is 5.32. The molecule has 5 nitrogen and oxygen atoms in total. The molecule has 0 amide bonds. The molecule has 0 saturated carbocycles. The minimum absolute atomic E-state index is 0.422. The minimum atomic E-state index is 0.422. The van der Waals surface area contributed by atoms with Crippen molar-refractivity contribution >= 4 is 5.95 Å². The van der Waals surface area contributed by atoms with Crippen LogP contribution in [0.15, 0.2) is 6.07 Å². The summed E-state index contributed by atoms with van der Waals surface area (Å²) in [6, 6.07) is 3.74. The predicted octanol–water partition coefficient (Wildman–Crippen LogP) is 1.07. The lowest BCUT2D eigenvalue weighted by Crippen LogP contribution is -2.31. The fourth-order valence-electron chi connectivity index (χ4n) is 2.03. The molecule has 1 aromatic heterocycles. The molecule has 0 atom stereocenters.